The highest BCUT2D eigenvalue weighted by Crippen LogP contribution is 2.16. The Morgan fingerprint density at radius 2 is 2.13 bits per heavy atom. The normalized spacial score (nSPS) is 18.4. The third kappa shape index (κ3) is 4.43. The van der Waals surface area contributed by atoms with Gasteiger partial charge in [0.25, 0.3) is 5.91 Å². The third-order valence-electron chi connectivity index (χ3n) is 4.30. The third-order valence-corrected chi connectivity index (χ3v) is 4.30. The molecule has 1 amide bonds. The first-order valence-corrected chi connectivity index (χ1v) is 8.01. The number of likely N-dealkylation sites (tertiary alicyclic amines) is 1. The molecule has 0 aliphatic carbocycles. The van der Waals surface area contributed by atoms with Gasteiger partial charge < -0.3 is 9.64 Å². The standard InChI is InChI=1S/C17H25N3O3/c1-12-6-5-9-20(10-12)16(21)11-23-17(22)8-7-15-13(2)18-19(4)14(15)3/h7-8,12H,5-6,9-11H2,1-4H3/b8-7+/t12-/m1/s1. The van der Waals surface area contributed by atoms with Crippen molar-refractivity contribution in [2.45, 2.75) is 33.6 Å². The number of carbonyl (C=O) groups excluding carboxylic acids is 2. The van der Waals surface area contributed by atoms with E-state index in [0.29, 0.717) is 5.92 Å². The lowest BCUT2D eigenvalue weighted by Crippen LogP contribution is -2.41. The molecule has 1 aliphatic rings. The van der Waals surface area contributed by atoms with E-state index < -0.39 is 5.97 Å². The van der Waals surface area contributed by atoms with Crippen molar-refractivity contribution in [3.63, 3.8) is 0 Å². The first-order chi connectivity index (χ1) is 10.9. The molecule has 6 heteroatoms. The van der Waals surface area contributed by atoms with Crippen molar-refractivity contribution in [3.8, 4) is 0 Å². The Morgan fingerprint density at radius 3 is 2.74 bits per heavy atom. The quantitative estimate of drug-likeness (QED) is 0.627. The van der Waals surface area contributed by atoms with Gasteiger partial charge in [0.05, 0.1) is 5.69 Å². The summed E-state index contributed by atoms with van der Waals surface area (Å²) < 4.78 is 6.82. The van der Waals surface area contributed by atoms with Crippen molar-refractivity contribution < 1.29 is 14.3 Å². The van der Waals surface area contributed by atoms with E-state index in [1.807, 2.05) is 20.9 Å². The molecule has 0 aromatic carbocycles. The van der Waals surface area contributed by atoms with Crippen LogP contribution in [0.5, 0.6) is 0 Å². The minimum absolute atomic E-state index is 0.118. The zero-order chi connectivity index (χ0) is 17.0. The number of aromatic nitrogens is 2. The molecular weight excluding hydrogens is 294 g/mol. The van der Waals surface area contributed by atoms with Crippen LogP contribution < -0.4 is 0 Å². The summed E-state index contributed by atoms with van der Waals surface area (Å²) in [7, 11) is 1.86. The summed E-state index contributed by atoms with van der Waals surface area (Å²) in [5, 5.41) is 4.28. The smallest absolute Gasteiger partial charge is 0.331 e. The zero-order valence-corrected chi connectivity index (χ0v) is 14.3. The highest BCUT2D eigenvalue weighted by Gasteiger charge is 2.21. The van der Waals surface area contributed by atoms with Gasteiger partial charge in [0.2, 0.25) is 0 Å². The van der Waals surface area contributed by atoms with Gasteiger partial charge in [-0.2, -0.15) is 5.10 Å². The minimum atomic E-state index is -0.508. The Morgan fingerprint density at radius 1 is 1.39 bits per heavy atom. The highest BCUT2D eigenvalue weighted by atomic mass is 16.5. The Balaban J connectivity index is 1.85. The van der Waals surface area contributed by atoms with Gasteiger partial charge in [0, 0.05) is 37.5 Å². The molecular formula is C17H25N3O3. The fourth-order valence-corrected chi connectivity index (χ4v) is 2.87. The Labute approximate surface area is 137 Å². The lowest BCUT2D eigenvalue weighted by Gasteiger charge is -2.30. The van der Waals surface area contributed by atoms with Crippen LogP contribution in [0.1, 0.15) is 36.7 Å². The fourth-order valence-electron chi connectivity index (χ4n) is 2.87. The average molecular weight is 319 g/mol. The maximum atomic E-state index is 12.0. The Bertz CT molecular complexity index is 619. The molecule has 1 saturated heterocycles. The first-order valence-electron chi connectivity index (χ1n) is 8.01. The number of nitrogens with zero attached hydrogens (tertiary/aromatic N) is 3. The van der Waals surface area contributed by atoms with E-state index in [2.05, 4.69) is 12.0 Å². The van der Waals surface area contributed by atoms with Crippen LogP contribution in [0.4, 0.5) is 0 Å². The molecule has 1 aromatic heterocycles. The zero-order valence-electron chi connectivity index (χ0n) is 14.3. The van der Waals surface area contributed by atoms with E-state index in [9.17, 15) is 9.59 Å². The number of hydrogen-bond acceptors (Lipinski definition) is 4. The predicted octanol–water partition coefficient (Wildman–Crippen LogP) is 1.85. The lowest BCUT2D eigenvalue weighted by molar-refractivity contribution is -0.149. The van der Waals surface area contributed by atoms with Gasteiger partial charge in [-0.05, 0) is 38.7 Å². The summed E-state index contributed by atoms with van der Waals surface area (Å²) in [5.41, 5.74) is 2.73. The largest absolute Gasteiger partial charge is 0.452 e. The molecule has 1 fully saturated rings. The van der Waals surface area contributed by atoms with Crippen LogP contribution in [0.25, 0.3) is 6.08 Å². The summed E-state index contributed by atoms with van der Waals surface area (Å²) in [5.74, 6) is -0.113. The van der Waals surface area contributed by atoms with Crippen molar-refractivity contribution in [3.05, 3.63) is 23.0 Å². The summed E-state index contributed by atoms with van der Waals surface area (Å²) in [6.07, 6.45) is 5.20. The predicted molar refractivity (Wildman–Crippen MR) is 87.7 cm³/mol. The molecule has 0 bridgehead atoms. The molecule has 2 heterocycles. The summed E-state index contributed by atoms with van der Waals surface area (Å²) in [6, 6.07) is 0. The van der Waals surface area contributed by atoms with Crippen molar-refractivity contribution >= 4 is 18.0 Å². The molecule has 126 valence electrons. The maximum absolute atomic E-state index is 12.0. The summed E-state index contributed by atoms with van der Waals surface area (Å²) >= 11 is 0. The minimum Gasteiger partial charge on any atom is -0.452 e. The molecule has 23 heavy (non-hydrogen) atoms. The molecule has 0 N–H and O–H groups in total. The van der Waals surface area contributed by atoms with Crippen LogP contribution in [-0.2, 0) is 21.4 Å². The molecule has 1 aromatic rings. The topological polar surface area (TPSA) is 64.4 Å². The molecule has 0 saturated carbocycles. The average Bonchev–Trinajstić information content (AvgIpc) is 2.75. The maximum Gasteiger partial charge on any atom is 0.331 e. The van der Waals surface area contributed by atoms with Gasteiger partial charge >= 0.3 is 5.97 Å². The molecule has 1 atom stereocenters. The number of ether oxygens (including phenoxy) is 1. The van der Waals surface area contributed by atoms with Gasteiger partial charge in [-0.25, -0.2) is 4.79 Å². The number of aryl methyl sites for hydroxylation is 2. The second kappa shape index (κ2) is 7.44. The fraction of sp³-hybridized carbons (Fsp3) is 0.588. The second-order valence-electron chi connectivity index (χ2n) is 6.24. The monoisotopic (exact) mass is 319 g/mol. The van der Waals surface area contributed by atoms with E-state index in [0.717, 1.165) is 42.9 Å². The van der Waals surface area contributed by atoms with Gasteiger partial charge in [-0.1, -0.05) is 6.92 Å². The van der Waals surface area contributed by atoms with E-state index in [-0.39, 0.29) is 12.5 Å². The molecule has 6 nitrogen and oxygen atoms in total. The van der Waals surface area contributed by atoms with Crippen LogP contribution in [0, 0.1) is 19.8 Å². The summed E-state index contributed by atoms with van der Waals surface area (Å²) in [4.78, 5) is 25.6. The summed E-state index contributed by atoms with van der Waals surface area (Å²) in [6.45, 7) is 7.27. The van der Waals surface area contributed by atoms with E-state index in [1.54, 1.807) is 15.7 Å². The van der Waals surface area contributed by atoms with Gasteiger partial charge in [-0.15, -0.1) is 0 Å². The number of carbonyl (C=O) groups is 2. The van der Waals surface area contributed by atoms with E-state index >= 15 is 0 Å². The van der Waals surface area contributed by atoms with Crippen molar-refractivity contribution in [2.24, 2.45) is 13.0 Å². The van der Waals surface area contributed by atoms with Crippen molar-refractivity contribution in [1.82, 2.24) is 14.7 Å². The molecule has 0 spiro atoms. The lowest BCUT2D eigenvalue weighted by atomic mass is 10.0. The van der Waals surface area contributed by atoms with Gasteiger partial charge in [-0.3, -0.25) is 9.48 Å². The molecule has 2 rings (SSSR count). The van der Waals surface area contributed by atoms with Crippen LogP contribution in [0.3, 0.4) is 0 Å². The number of hydrogen-bond donors (Lipinski definition) is 0. The number of rotatable bonds is 4. The van der Waals surface area contributed by atoms with E-state index in [1.165, 1.54) is 6.08 Å². The molecule has 0 radical (unpaired) electrons. The Kier molecular flexibility index (Phi) is 5.58. The molecule has 0 unspecified atom stereocenters. The first kappa shape index (κ1) is 17.2. The van der Waals surface area contributed by atoms with Crippen LogP contribution in [0.2, 0.25) is 0 Å². The van der Waals surface area contributed by atoms with Gasteiger partial charge in [0.1, 0.15) is 0 Å². The molecule has 1 aliphatic heterocycles. The highest BCUT2D eigenvalue weighted by molar-refractivity contribution is 5.89. The number of piperidine rings is 1. The van der Waals surface area contributed by atoms with Crippen molar-refractivity contribution in [2.75, 3.05) is 19.7 Å². The van der Waals surface area contributed by atoms with Crippen molar-refractivity contribution in [1.29, 1.82) is 0 Å². The van der Waals surface area contributed by atoms with E-state index in [4.69, 9.17) is 4.74 Å². The number of amides is 1. The van der Waals surface area contributed by atoms with Crippen LogP contribution in [-0.4, -0.2) is 46.3 Å². The van der Waals surface area contributed by atoms with Crippen LogP contribution >= 0.6 is 0 Å². The van der Waals surface area contributed by atoms with Gasteiger partial charge in [0.15, 0.2) is 6.61 Å². The second-order valence-corrected chi connectivity index (χ2v) is 6.24. The number of esters is 1. The Hall–Kier alpha value is -2.11. The van der Waals surface area contributed by atoms with Crippen LogP contribution in [0.15, 0.2) is 6.08 Å². The SMILES string of the molecule is Cc1nn(C)c(C)c1/C=C/C(=O)OCC(=O)N1CCC[C@@H](C)C1.